The maximum atomic E-state index is 11.4. The van der Waals surface area contributed by atoms with E-state index >= 15 is 0 Å². The number of nitrogens with one attached hydrogen (secondary N) is 3. The molecule has 0 atom stereocenters. The average Bonchev–Trinajstić information content (AvgIpc) is 2.38. The van der Waals surface area contributed by atoms with Crippen LogP contribution in [0.4, 0.5) is 4.79 Å². The summed E-state index contributed by atoms with van der Waals surface area (Å²) >= 11 is 0. The monoisotopic (exact) mass is 303 g/mol. The Bertz CT molecular complexity index is 402. The standard InChI is InChI=1S/C12H21N3O6/c1-12(2,3)21-11(19)15-6-9(17)13-5-8(16)14-7-10(18)20-4/h5-7H2,1-4H3,(H,13,17)(H,14,16)(H,15,19). The molecule has 0 saturated carbocycles. The second-order valence-electron chi connectivity index (χ2n) is 4.99. The first-order chi connectivity index (χ1) is 9.64. The number of methoxy groups -OCH3 is 1. The van der Waals surface area contributed by atoms with Gasteiger partial charge in [0, 0.05) is 0 Å². The zero-order valence-corrected chi connectivity index (χ0v) is 12.6. The largest absolute Gasteiger partial charge is 0.468 e. The zero-order chi connectivity index (χ0) is 16.5. The molecule has 0 unspecified atom stereocenters. The molecule has 0 spiro atoms. The van der Waals surface area contributed by atoms with Crippen LogP contribution in [0.3, 0.4) is 0 Å². The summed E-state index contributed by atoms with van der Waals surface area (Å²) in [6, 6.07) is 0. The SMILES string of the molecule is COC(=O)CNC(=O)CNC(=O)CNC(=O)OC(C)(C)C. The van der Waals surface area contributed by atoms with Crippen LogP contribution in [0.1, 0.15) is 20.8 Å². The molecule has 0 heterocycles. The van der Waals surface area contributed by atoms with E-state index in [0.29, 0.717) is 0 Å². The molecule has 0 bridgehead atoms. The molecule has 0 fully saturated rings. The molecule has 9 nitrogen and oxygen atoms in total. The third-order valence-corrected chi connectivity index (χ3v) is 1.90. The summed E-state index contributed by atoms with van der Waals surface area (Å²) in [6.07, 6.45) is -0.729. The molecule has 0 aromatic heterocycles. The van der Waals surface area contributed by atoms with Gasteiger partial charge in [-0.3, -0.25) is 14.4 Å². The van der Waals surface area contributed by atoms with E-state index in [1.807, 2.05) is 0 Å². The van der Waals surface area contributed by atoms with Crippen LogP contribution < -0.4 is 16.0 Å². The van der Waals surface area contributed by atoms with E-state index in [4.69, 9.17) is 4.74 Å². The molecular weight excluding hydrogens is 282 g/mol. The second kappa shape index (κ2) is 8.77. The van der Waals surface area contributed by atoms with Crippen molar-refractivity contribution in [2.45, 2.75) is 26.4 Å². The van der Waals surface area contributed by atoms with Crippen LogP contribution in [0.5, 0.6) is 0 Å². The number of alkyl carbamates (subject to hydrolysis) is 1. The Hall–Kier alpha value is -2.32. The lowest BCUT2D eigenvalue weighted by atomic mass is 10.2. The smallest absolute Gasteiger partial charge is 0.408 e. The Morgan fingerprint density at radius 3 is 1.81 bits per heavy atom. The van der Waals surface area contributed by atoms with Gasteiger partial charge < -0.3 is 25.4 Å². The first-order valence-electron chi connectivity index (χ1n) is 6.21. The number of hydrogen-bond acceptors (Lipinski definition) is 6. The summed E-state index contributed by atoms with van der Waals surface area (Å²) < 4.78 is 9.26. The molecule has 0 aliphatic heterocycles. The number of hydrogen-bond donors (Lipinski definition) is 3. The van der Waals surface area contributed by atoms with Crippen molar-refractivity contribution in [1.29, 1.82) is 0 Å². The lowest BCUT2D eigenvalue weighted by Gasteiger charge is -2.19. The molecule has 0 rings (SSSR count). The predicted octanol–water partition coefficient (Wildman–Crippen LogP) is -1.08. The summed E-state index contributed by atoms with van der Waals surface area (Å²) in [5.41, 5.74) is -0.658. The normalized spacial score (nSPS) is 10.3. The van der Waals surface area contributed by atoms with Crippen molar-refractivity contribution in [2.75, 3.05) is 26.7 Å². The van der Waals surface area contributed by atoms with E-state index in [0.717, 1.165) is 0 Å². The maximum Gasteiger partial charge on any atom is 0.408 e. The molecule has 120 valence electrons. The van der Waals surface area contributed by atoms with Gasteiger partial charge in [0.05, 0.1) is 13.7 Å². The molecule has 21 heavy (non-hydrogen) atoms. The highest BCUT2D eigenvalue weighted by molar-refractivity contribution is 5.88. The van der Waals surface area contributed by atoms with Crippen molar-refractivity contribution >= 4 is 23.9 Å². The van der Waals surface area contributed by atoms with Crippen molar-refractivity contribution in [3.8, 4) is 0 Å². The molecular formula is C12H21N3O6. The second-order valence-corrected chi connectivity index (χ2v) is 4.99. The van der Waals surface area contributed by atoms with Gasteiger partial charge in [0.1, 0.15) is 18.7 Å². The van der Waals surface area contributed by atoms with Crippen molar-refractivity contribution in [2.24, 2.45) is 0 Å². The van der Waals surface area contributed by atoms with Crippen LogP contribution in [-0.2, 0) is 23.9 Å². The molecule has 0 aliphatic carbocycles. The van der Waals surface area contributed by atoms with Crippen LogP contribution in [0.25, 0.3) is 0 Å². The highest BCUT2D eigenvalue weighted by Gasteiger charge is 2.16. The van der Waals surface area contributed by atoms with Crippen molar-refractivity contribution in [3.05, 3.63) is 0 Å². The van der Waals surface area contributed by atoms with Gasteiger partial charge in [-0.25, -0.2) is 4.79 Å². The fraction of sp³-hybridized carbons (Fsp3) is 0.667. The molecule has 0 aromatic rings. The minimum Gasteiger partial charge on any atom is -0.468 e. The number of esters is 1. The molecule has 0 radical (unpaired) electrons. The topological polar surface area (TPSA) is 123 Å². The Morgan fingerprint density at radius 2 is 1.33 bits per heavy atom. The van der Waals surface area contributed by atoms with Gasteiger partial charge in [0.2, 0.25) is 11.8 Å². The number of carbonyl (C=O) groups excluding carboxylic acids is 4. The van der Waals surface area contributed by atoms with E-state index in [-0.39, 0.29) is 19.6 Å². The van der Waals surface area contributed by atoms with Gasteiger partial charge in [-0.2, -0.15) is 0 Å². The minimum atomic E-state index is -0.729. The highest BCUT2D eigenvalue weighted by atomic mass is 16.6. The van der Waals surface area contributed by atoms with E-state index in [1.54, 1.807) is 20.8 Å². The Labute approximate surface area is 122 Å². The summed E-state index contributed by atoms with van der Waals surface area (Å²) in [5.74, 6) is -1.71. The zero-order valence-electron chi connectivity index (χ0n) is 12.6. The molecule has 0 aromatic carbocycles. The summed E-state index contributed by atoms with van der Waals surface area (Å²) in [7, 11) is 1.19. The van der Waals surface area contributed by atoms with Crippen molar-refractivity contribution in [1.82, 2.24) is 16.0 Å². The van der Waals surface area contributed by atoms with Crippen molar-refractivity contribution < 1.29 is 28.7 Å². The molecule has 0 saturated heterocycles. The number of amides is 3. The van der Waals surface area contributed by atoms with Gasteiger partial charge in [-0.05, 0) is 20.8 Å². The fourth-order valence-corrected chi connectivity index (χ4v) is 1.01. The van der Waals surface area contributed by atoms with E-state index in [2.05, 4.69) is 20.7 Å². The number of ether oxygens (including phenoxy) is 2. The van der Waals surface area contributed by atoms with E-state index < -0.39 is 29.5 Å². The van der Waals surface area contributed by atoms with E-state index in [9.17, 15) is 19.2 Å². The van der Waals surface area contributed by atoms with Gasteiger partial charge in [0.25, 0.3) is 0 Å². The van der Waals surface area contributed by atoms with Gasteiger partial charge in [-0.15, -0.1) is 0 Å². The van der Waals surface area contributed by atoms with Crippen LogP contribution in [0.15, 0.2) is 0 Å². The van der Waals surface area contributed by atoms with Gasteiger partial charge in [0.15, 0.2) is 0 Å². The van der Waals surface area contributed by atoms with Crippen molar-refractivity contribution in [3.63, 3.8) is 0 Å². The third-order valence-electron chi connectivity index (χ3n) is 1.90. The Kier molecular flexibility index (Phi) is 7.80. The predicted molar refractivity (Wildman–Crippen MR) is 72.3 cm³/mol. The number of carbonyl (C=O) groups is 4. The molecule has 3 amide bonds. The minimum absolute atomic E-state index is 0.276. The quantitative estimate of drug-likeness (QED) is 0.536. The molecule has 0 aliphatic rings. The molecule has 3 N–H and O–H groups in total. The fourth-order valence-electron chi connectivity index (χ4n) is 1.01. The lowest BCUT2D eigenvalue weighted by Crippen LogP contribution is -2.43. The summed E-state index contributed by atoms with van der Waals surface area (Å²) in [4.78, 5) is 44.6. The maximum absolute atomic E-state index is 11.4. The first kappa shape index (κ1) is 18.7. The average molecular weight is 303 g/mol. The van der Waals surface area contributed by atoms with Crippen LogP contribution in [-0.4, -0.2) is 56.2 Å². The lowest BCUT2D eigenvalue weighted by molar-refractivity contribution is -0.141. The highest BCUT2D eigenvalue weighted by Crippen LogP contribution is 2.05. The van der Waals surface area contributed by atoms with Crippen LogP contribution in [0.2, 0.25) is 0 Å². The van der Waals surface area contributed by atoms with Gasteiger partial charge in [-0.1, -0.05) is 0 Å². The summed E-state index contributed by atoms with van der Waals surface area (Å²) in [5, 5.41) is 6.76. The van der Waals surface area contributed by atoms with Crippen LogP contribution in [0, 0.1) is 0 Å². The Balaban J connectivity index is 3.83. The number of rotatable bonds is 6. The van der Waals surface area contributed by atoms with Gasteiger partial charge >= 0.3 is 12.1 Å². The van der Waals surface area contributed by atoms with E-state index in [1.165, 1.54) is 7.11 Å². The first-order valence-corrected chi connectivity index (χ1v) is 6.21. The van der Waals surface area contributed by atoms with Crippen LogP contribution >= 0.6 is 0 Å². The molecule has 9 heteroatoms. The third kappa shape index (κ3) is 11.2. The Morgan fingerprint density at radius 1 is 0.857 bits per heavy atom. The summed E-state index contributed by atoms with van der Waals surface area (Å²) in [6.45, 7) is 4.17.